The van der Waals surface area contributed by atoms with E-state index in [1.54, 1.807) is 23.1 Å². The van der Waals surface area contributed by atoms with Crippen molar-refractivity contribution in [2.75, 3.05) is 13.1 Å². The monoisotopic (exact) mass is 443 g/mol. The minimum atomic E-state index is -3.57. The number of rotatable bonds is 7. The highest BCUT2D eigenvalue weighted by molar-refractivity contribution is 7.91. The lowest BCUT2D eigenvalue weighted by molar-refractivity contribution is -0.130. The van der Waals surface area contributed by atoms with Gasteiger partial charge in [0.25, 0.3) is 10.0 Å². The van der Waals surface area contributed by atoms with Gasteiger partial charge < -0.3 is 5.11 Å². The number of thiophene rings is 1. The van der Waals surface area contributed by atoms with Crippen molar-refractivity contribution in [3.63, 3.8) is 0 Å². The normalized spacial score (nSPS) is 15.5. The Hall–Kier alpha value is -2.75. The van der Waals surface area contributed by atoms with E-state index < -0.39 is 16.0 Å². The molecule has 2 aromatic heterocycles. The van der Waals surface area contributed by atoms with Gasteiger partial charge >= 0.3 is 5.97 Å². The number of aromatic nitrogens is 2. The molecular weight excluding hydrogens is 422 g/mol. The van der Waals surface area contributed by atoms with Gasteiger partial charge in [-0.2, -0.15) is 9.40 Å². The minimum Gasteiger partial charge on any atom is -0.478 e. The Balaban J connectivity index is 1.58. The van der Waals surface area contributed by atoms with Crippen LogP contribution < -0.4 is 0 Å². The van der Waals surface area contributed by atoms with Gasteiger partial charge in [-0.1, -0.05) is 30.3 Å². The third-order valence-electron chi connectivity index (χ3n) is 4.89. The van der Waals surface area contributed by atoms with E-state index in [0.717, 1.165) is 29.7 Å². The first-order valence-corrected chi connectivity index (χ1v) is 11.8. The summed E-state index contributed by atoms with van der Waals surface area (Å²) in [4.78, 5) is 12.3. The van der Waals surface area contributed by atoms with Crippen LogP contribution in [-0.2, 0) is 21.4 Å². The zero-order chi connectivity index (χ0) is 21.1. The molecule has 3 aromatic rings. The molecule has 1 aromatic carbocycles. The summed E-state index contributed by atoms with van der Waals surface area (Å²) in [5, 5.41) is 14.0. The third-order valence-corrected chi connectivity index (χ3v) is 8.37. The fourth-order valence-electron chi connectivity index (χ4n) is 3.38. The molecule has 1 aliphatic rings. The molecule has 1 fully saturated rings. The maximum absolute atomic E-state index is 12.7. The van der Waals surface area contributed by atoms with Crippen LogP contribution in [-0.4, -0.2) is 46.7 Å². The quantitative estimate of drug-likeness (QED) is 0.565. The molecule has 0 amide bonds. The summed E-state index contributed by atoms with van der Waals surface area (Å²) in [6.07, 6.45) is 6.59. The van der Waals surface area contributed by atoms with Crippen LogP contribution in [0.2, 0.25) is 0 Å². The number of hydrogen-bond donors (Lipinski definition) is 1. The molecule has 1 N–H and O–H groups in total. The molecule has 1 saturated heterocycles. The van der Waals surface area contributed by atoms with Gasteiger partial charge in [0.15, 0.2) is 0 Å². The second-order valence-electron chi connectivity index (χ2n) is 7.05. The second-order valence-corrected chi connectivity index (χ2v) is 10.3. The molecule has 0 atom stereocenters. The molecule has 0 radical (unpaired) electrons. The van der Waals surface area contributed by atoms with Crippen molar-refractivity contribution in [3.05, 3.63) is 70.9 Å². The van der Waals surface area contributed by atoms with Crippen molar-refractivity contribution in [2.24, 2.45) is 0 Å². The summed E-state index contributed by atoms with van der Waals surface area (Å²) < 4.78 is 28.8. The molecule has 7 nitrogen and oxygen atoms in total. The van der Waals surface area contributed by atoms with Gasteiger partial charge in [0.1, 0.15) is 4.21 Å². The van der Waals surface area contributed by atoms with E-state index in [4.69, 9.17) is 0 Å². The van der Waals surface area contributed by atoms with Crippen LogP contribution >= 0.6 is 11.3 Å². The van der Waals surface area contributed by atoms with E-state index in [0.29, 0.717) is 30.1 Å². The summed E-state index contributed by atoms with van der Waals surface area (Å²) in [6.45, 7) is 1.60. The SMILES string of the molecule is O=C(O)C(=Cc1cnn(Cc2ccccc2)c1)c1ccc(S(=O)(=O)N2CCCC2)s1. The Morgan fingerprint density at radius 1 is 1.13 bits per heavy atom. The van der Waals surface area contributed by atoms with Gasteiger partial charge in [-0.3, -0.25) is 4.68 Å². The van der Waals surface area contributed by atoms with Gasteiger partial charge in [0, 0.05) is 29.7 Å². The maximum Gasteiger partial charge on any atom is 0.337 e. The number of nitrogens with zero attached hydrogens (tertiary/aromatic N) is 3. The van der Waals surface area contributed by atoms with E-state index in [1.807, 2.05) is 30.3 Å². The van der Waals surface area contributed by atoms with E-state index in [-0.39, 0.29) is 9.78 Å². The topological polar surface area (TPSA) is 92.5 Å². The first-order valence-electron chi connectivity index (χ1n) is 9.55. The zero-order valence-corrected chi connectivity index (χ0v) is 17.8. The Morgan fingerprint density at radius 2 is 1.87 bits per heavy atom. The van der Waals surface area contributed by atoms with Crippen LogP contribution in [0.25, 0.3) is 11.6 Å². The van der Waals surface area contributed by atoms with Crippen molar-refractivity contribution in [1.82, 2.24) is 14.1 Å². The molecule has 0 spiro atoms. The Labute approximate surface area is 178 Å². The largest absolute Gasteiger partial charge is 0.478 e. The average Bonchev–Trinajstić information content (AvgIpc) is 3.48. The second kappa shape index (κ2) is 8.55. The number of benzene rings is 1. The molecular formula is C21H21N3O4S2. The molecule has 156 valence electrons. The predicted molar refractivity (Wildman–Crippen MR) is 116 cm³/mol. The summed E-state index contributed by atoms with van der Waals surface area (Å²) in [6, 6.07) is 12.9. The number of hydrogen-bond acceptors (Lipinski definition) is 5. The van der Waals surface area contributed by atoms with E-state index in [1.165, 1.54) is 16.4 Å². The molecule has 0 unspecified atom stereocenters. The number of sulfonamides is 1. The third kappa shape index (κ3) is 4.38. The average molecular weight is 444 g/mol. The minimum absolute atomic E-state index is 0.0436. The molecule has 0 bridgehead atoms. The van der Waals surface area contributed by atoms with Crippen LogP contribution in [0.15, 0.2) is 59.1 Å². The Bertz CT molecular complexity index is 1170. The standard InChI is InChI=1S/C21H21N3O4S2/c25-21(26)18(12-17-13-22-23(15-17)14-16-6-2-1-3-7-16)19-8-9-20(29-19)30(27,28)24-10-4-5-11-24/h1-3,6-9,12-13,15H,4-5,10-11,14H2,(H,25,26). The number of carbonyl (C=O) groups is 1. The van der Waals surface area contributed by atoms with Crippen molar-refractivity contribution in [3.8, 4) is 0 Å². The van der Waals surface area contributed by atoms with Crippen LogP contribution in [0.5, 0.6) is 0 Å². The Kier molecular flexibility index (Phi) is 5.85. The summed E-state index contributed by atoms with van der Waals surface area (Å²) >= 11 is 0.986. The maximum atomic E-state index is 12.7. The lowest BCUT2D eigenvalue weighted by Gasteiger charge is -2.13. The van der Waals surface area contributed by atoms with Crippen molar-refractivity contribution < 1.29 is 18.3 Å². The highest BCUT2D eigenvalue weighted by Crippen LogP contribution is 2.32. The molecule has 30 heavy (non-hydrogen) atoms. The molecule has 0 saturated carbocycles. The van der Waals surface area contributed by atoms with Gasteiger partial charge in [-0.25, -0.2) is 13.2 Å². The van der Waals surface area contributed by atoms with Gasteiger partial charge in [-0.05, 0) is 36.6 Å². The van der Waals surface area contributed by atoms with E-state index >= 15 is 0 Å². The molecule has 1 aliphatic heterocycles. The van der Waals surface area contributed by atoms with Crippen LogP contribution in [0.3, 0.4) is 0 Å². The fourth-order valence-corrected chi connectivity index (χ4v) is 6.36. The highest BCUT2D eigenvalue weighted by Gasteiger charge is 2.29. The lowest BCUT2D eigenvalue weighted by Crippen LogP contribution is -2.27. The van der Waals surface area contributed by atoms with Crippen molar-refractivity contribution in [1.29, 1.82) is 0 Å². The van der Waals surface area contributed by atoms with E-state index in [9.17, 15) is 18.3 Å². The molecule has 0 aliphatic carbocycles. The molecule has 4 rings (SSSR count). The highest BCUT2D eigenvalue weighted by atomic mass is 32.2. The van der Waals surface area contributed by atoms with Crippen LogP contribution in [0, 0.1) is 0 Å². The molecule has 9 heteroatoms. The first-order chi connectivity index (χ1) is 14.4. The smallest absolute Gasteiger partial charge is 0.337 e. The lowest BCUT2D eigenvalue weighted by atomic mass is 10.1. The summed E-state index contributed by atoms with van der Waals surface area (Å²) in [5.74, 6) is -1.11. The van der Waals surface area contributed by atoms with Gasteiger partial charge in [-0.15, -0.1) is 11.3 Å². The van der Waals surface area contributed by atoms with Crippen LogP contribution in [0.1, 0.15) is 28.8 Å². The summed E-state index contributed by atoms with van der Waals surface area (Å²) in [5.41, 5.74) is 1.77. The molecule has 3 heterocycles. The van der Waals surface area contributed by atoms with E-state index in [2.05, 4.69) is 5.10 Å². The Morgan fingerprint density at radius 3 is 2.57 bits per heavy atom. The number of aliphatic carboxylic acids is 1. The summed E-state index contributed by atoms with van der Waals surface area (Å²) in [7, 11) is -3.57. The zero-order valence-electron chi connectivity index (χ0n) is 16.1. The predicted octanol–water partition coefficient (Wildman–Crippen LogP) is 3.40. The first kappa shape index (κ1) is 20.5. The van der Waals surface area contributed by atoms with Crippen LogP contribution in [0.4, 0.5) is 0 Å². The van der Waals surface area contributed by atoms with Crippen molar-refractivity contribution in [2.45, 2.75) is 23.6 Å². The fraction of sp³-hybridized carbons (Fsp3) is 0.238. The van der Waals surface area contributed by atoms with Gasteiger partial charge in [0.2, 0.25) is 0 Å². The number of carboxylic acid groups (broad SMARTS) is 1. The van der Waals surface area contributed by atoms with Gasteiger partial charge in [0.05, 0.1) is 18.3 Å². The van der Waals surface area contributed by atoms with Crippen molar-refractivity contribution >= 4 is 39.0 Å². The number of carboxylic acids is 1.